The maximum absolute atomic E-state index is 13.1. The van der Waals surface area contributed by atoms with Crippen molar-refractivity contribution in [2.45, 2.75) is 6.04 Å². The molecule has 0 unspecified atom stereocenters. The van der Waals surface area contributed by atoms with Gasteiger partial charge in [-0.25, -0.2) is 4.39 Å². The largest absolute Gasteiger partial charge is 0.350 e. The van der Waals surface area contributed by atoms with Gasteiger partial charge in [-0.3, -0.25) is 4.79 Å². The van der Waals surface area contributed by atoms with Crippen molar-refractivity contribution in [1.82, 2.24) is 10.2 Å². The zero-order valence-corrected chi connectivity index (χ0v) is 14.1. The van der Waals surface area contributed by atoms with Crippen LogP contribution in [0.2, 0.25) is 0 Å². The first-order chi connectivity index (χ1) is 10.5. The summed E-state index contributed by atoms with van der Waals surface area (Å²) in [6.45, 7) is 0.472. The number of benzene rings is 2. The van der Waals surface area contributed by atoms with Crippen LogP contribution in [0.3, 0.4) is 0 Å². The van der Waals surface area contributed by atoms with Gasteiger partial charge in [0, 0.05) is 11.0 Å². The van der Waals surface area contributed by atoms with E-state index in [9.17, 15) is 9.18 Å². The van der Waals surface area contributed by atoms with E-state index in [0.29, 0.717) is 16.6 Å². The molecular formula is C17H18BrFN2O. The molecule has 0 aliphatic rings. The van der Waals surface area contributed by atoms with Crippen molar-refractivity contribution < 1.29 is 9.18 Å². The first kappa shape index (κ1) is 16.6. The number of hydrogen-bond donors (Lipinski definition) is 1. The minimum Gasteiger partial charge on any atom is -0.350 e. The highest BCUT2D eigenvalue weighted by atomic mass is 79.9. The average molecular weight is 365 g/mol. The second-order valence-electron chi connectivity index (χ2n) is 5.22. The van der Waals surface area contributed by atoms with E-state index in [4.69, 9.17) is 0 Å². The quantitative estimate of drug-likeness (QED) is 0.878. The van der Waals surface area contributed by atoms with Crippen LogP contribution in [0.1, 0.15) is 22.0 Å². The topological polar surface area (TPSA) is 32.3 Å². The SMILES string of the molecule is CN(C)[C@H](CNC(=O)c1ccc(F)cc1Br)c1ccccc1. The maximum Gasteiger partial charge on any atom is 0.252 e. The molecule has 0 radical (unpaired) electrons. The lowest BCUT2D eigenvalue weighted by atomic mass is 10.1. The van der Waals surface area contributed by atoms with Crippen LogP contribution in [0, 0.1) is 5.82 Å². The van der Waals surface area contributed by atoms with Crippen LogP contribution < -0.4 is 5.32 Å². The normalized spacial score (nSPS) is 12.2. The maximum atomic E-state index is 13.1. The van der Waals surface area contributed by atoms with Gasteiger partial charge in [-0.2, -0.15) is 0 Å². The zero-order chi connectivity index (χ0) is 16.1. The molecule has 0 heterocycles. The summed E-state index contributed by atoms with van der Waals surface area (Å²) in [5.41, 5.74) is 1.55. The van der Waals surface area contributed by atoms with Gasteiger partial charge in [-0.1, -0.05) is 30.3 Å². The van der Waals surface area contributed by atoms with Gasteiger partial charge in [0.1, 0.15) is 5.82 Å². The first-order valence-corrected chi connectivity index (χ1v) is 7.73. The molecule has 0 saturated heterocycles. The Balaban J connectivity index is 2.08. The summed E-state index contributed by atoms with van der Waals surface area (Å²) in [6.07, 6.45) is 0. The Morgan fingerprint density at radius 2 is 1.91 bits per heavy atom. The molecule has 5 heteroatoms. The molecule has 0 fully saturated rings. The number of amides is 1. The molecule has 116 valence electrons. The van der Waals surface area contributed by atoms with E-state index in [2.05, 4.69) is 26.1 Å². The number of nitrogens with zero attached hydrogens (tertiary/aromatic N) is 1. The average Bonchev–Trinajstić information content (AvgIpc) is 2.48. The van der Waals surface area contributed by atoms with Crippen LogP contribution in [0.15, 0.2) is 53.0 Å². The summed E-state index contributed by atoms with van der Waals surface area (Å²) >= 11 is 3.22. The number of likely N-dealkylation sites (N-methyl/N-ethyl adjacent to an activating group) is 1. The van der Waals surface area contributed by atoms with Gasteiger partial charge in [0.2, 0.25) is 0 Å². The molecule has 0 aliphatic heterocycles. The van der Waals surface area contributed by atoms with Gasteiger partial charge in [-0.15, -0.1) is 0 Å². The van der Waals surface area contributed by atoms with Gasteiger partial charge < -0.3 is 10.2 Å². The molecule has 1 atom stereocenters. The standard InChI is InChI=1S/C17H18BrFN2O/c1-21(2)16(12-6-4-3-5-7-12)11-20-17(22)14-9-8-13(19)10-15(14)18/h3-10,16H,11H2,1-2H3,(H,20,22)/t16-/m1/s1. The molecule has 3 nitrogen and oxygen atoms in total. The third-order valence-electron chi connectivity index (χ3n) is 3.44. The fourth-order valence-electron chi connectivity index (χ4n) is 2.23. The van der Waals surface area contributed by atoms with E-state index in [-0.39, 0.29) is 17.8 Å². The molecule has 2 rings (SSSR count). The Kier molecular flexibility index (Phi) is 5.69. The van der Waals surface area contributed by atoms with Gasteiger partial charge in [0.15, 0.2) is 0 Å². The highest BCUT2D eigenvalue weighted by molar-refractivity contribution is 9.10. The smallest absolute Gasteiger partial charge is 0.252 e. The van der Waals surface area contributed by atoms with Crippen LogP contribution in [0.5, 0.6) is 0 Å². The van der Waals surface area contributed by atoms with Gasteiger partial charge >= 0.3 is 0 Å². The predicted octanol–water partition coefficient (Wildman–Crippen LogP) is 3.62. The van der Waals surface area contributed by atoms with E-state index >= 15 is 0 Å². The van der Waals surface area contributed by atoms with Crippen molar-refractivity contribution in [3.8, 4) is 0 Å². The lowest BCUT2D eigenvalue weighted by Crippen LogP contribution is -2.34. The third kappa shape index (κ3) is 4.15. The van der Waals surface area contributed by atoms with E-state index in [1.54, 1.807) is 0 Å². The molecule has 0 bridgehead atoms. The van der Waals surface area contributed by atoms with Crippen LogP contribution in [-0.2, 0) is 0 Å². The summed E-state index contributed by atoms with van der Waals surface area (Å²) < 4.78 is 13.5. The molecule has 2 aromatic rings. The van der Waals surface area contributed by atoms with Crippen molar-refractivity contribution in [1.29, 1.82) is 0 Å². The molecule has 0 aromatic heterocycles. The number of rotatable bonds is 5. The Morgan fingerprint density at radius 1 is 1.23 bits per heavy atom. The Morgan fingerprint density at radius 3 is 2.50 bits per heavy atom. The van der Waals surface area contributed by atoms with Crippen molar-refractivity contribution >= 4 is 21.8 Å². The van der Waals surface area contributed by atoms with Crippen LogP contribution in [0.4, 0.5) is 4.39 Å². The molecule has 0 spiro atoms. The first-order valence-electron chi connectivity index (χ1n) is 6.93. The molecule has 1 amide bonds. The summed E-state index contributed by atoms with van der Waals surface area (Å²) in [4.78, 5) is 14.3. The molecule has 0 saturated carbocycles. The highest BCUT2D eigenvalue weighted by Crippen LogP contribution is 2.19. The van der Waals surface area contributed by atoms with Crippen molar-refractivity contribution in [2.24, 2.45) is 0 Å². The summed E-state index contributed by atoms with van der Waals surface area (Å²) in [5.74, 6) is -0.603. The minimum absolute atomic E-state index is 0.0735. The monoisotopic (exact) mass is 364 g/mol. The second-order valence-corrected chi connectivity index (χ2v) is 6.08. The van der Waals surface area contributed by atoms with E-state index in [1.165, 1.54) is 18.2 Å². The lowest BCUT2D eigenvalue weighted by Gasteiger charge is -2.25. The third-order valence-corrected chi connectivity index (χ3v) is 4.10. The summed E-state index contributed by atoms with van der Waals surface area (Å²) in [7, 11) is 3.94. The van der Waals surface area contributed by atoms with E-state index in [0.717, 1.165) is 5.56 Å². The van der Waals surface area contributed by atoms with Crippen LogP contribution in [-0.4, -0.2) is 31.4 Å². The molecular weight excluding hydrogens is 347 g/mol. The van der Waals surface area contributed by atoms with Gasteiger partial charge in [0.25, 0.3) is 5.91 Å². The van der Waals surface area contributed by atoms with Crippen molar-refractivity contribution in [3.05, 3.63) is 69.9 Å². The molecule has 2 aromatic carbocycles. The Labute approximate surface area is 138 Å². The highest BCUT2D eigenvalue weighted by Gasteiger charge is 2.16. The number of halogens is 2. The van der Waals surface area contributed by atoms with Crippen LogP contribution in [0.25, 0.3) is 0 Å². The van der Waals surface area contributed by atoms with Crippen molar-refractivity contribution in [2.75, 3.05) is 20.6 Å². The number of hydrogen-bond acceptors (Lipinski definition) is 2. The number of carbonyl (C=O) groups is 1. The summed E-state index contributed by atoms with van der Waals surface area (Å²) in [6, 6.07) is 14.1. The fourth-order valence-corrected chi connectivity index (χ4v) is 2.76. The number of carbonyl (C=O) groups excluding carboxylic acids is 1. The fraction of sp³-hybridized carbons (Fsp3) is 0.235. The van der Waals surface area contributed by atoms with E-state index in [1.807, 2.05) is 44.4 Å². The molecule has 0 aliphatic carbocycles. The van der Waals surface area contributed by atoms with E-state index < -0.39 is 0 Å². The lowest BCUT2D eigenvalue weighted by molar-refractivity contribution is 0.0941. The predicted molar refractivity (Wildman–Crippen MR) is 89.3 cm³/mol. The Bertz CT molecular complexity index is 646. The zero-order valence-electron chi connectivity index (χ0n) is 12.5. The van der Waals surface area contributed by atoms with Gasteiger partial charge in [0.05, 0.1) is 11.6 Å². The van der Waals surface area contributed by atoms with Crippen LogP contribution >= 0.6 is 15.9 Å². The minimum atomic E-state index is -0.376. The molecule has 22 heavy (non-hydrogen) atoms. The number of nitrogens with one attached hydrogen (secondary N) is 1. The Hall–Kier alpha value is -1.72. The second kappa shape index (κ2) is 7.51. The molecule has 1 N–H and O–H groups in total. The summed E-state index contributed by atoms with van der Waals surface area (Å²) in [5, 5.41) is 2.91. The van der Waals surface area contributed by atoms with Gasteiger partial charge in [-0.05, 0) is 53.8 Å². The van der Waals surface area contributed by atoms with Crippen molar-refractivity contribution in [3.63, 3.8) is 0 Å².